The minimum Gasteiger partial charge on any atom is -0.508 e. The van der Waals surface area contributed by atoms with Gasteiger partial charge in [0.25, 0.3) is 5.56 Å². The second-order valence-electron chi connectivity index (χ2n) is 7.46. The van der Waals surface area contributed by atoms with Gasteiger partial charge in [-0.3, -0.25) is 19.8 Å². The molecular weight excluding hydrogens is 342 g/mol. The second-order valence-corrected chi connectivity index (χ2v) is 7.90. The fourth-order valence-corrected chi connectivity index (χ4v) is 4.07. The number of allylic oxidation sites excluding steroid dienone is 2. The van der Waals surface area contributed by atoms with Gasteiger partial charge in [-0.25, -0.2) is 0 Å². The van der Waals surface area contributed by atoms with Gasteiger partial charge in [-0.15, -0.1) is 0 Å². The van der Waals surface area contributed by atoms with Gasteiger partial charge in [-0.2, -0.15) is 0 Å². The smallest absolute Gasteiger partial charge is 0.270 e. The predicted molar refractivity (Wildman–Crippen MR) is 95.0 cm³/mol. The zero-order valence-electron chi connectivity index (χ0n) is 13.9. The van der Waals surface area contributed by atoms with Crippen LogP contribution in [0.25, 0.3) is 0 Å². The number of aromatic nitrogens is 2. The Kier molecular flexibility index (Phi) is 3.37. The number of Topliss-reactive ketones (excluding diaryl/α,β-unsaturated/α-hetero) is 1. The summed E-state index contributed by atoms with van der Waals surface area (Å²) in [6, 6.07) is 4.67. The highest BCUT2D eigenvalue weighted by molar-refractivity contribution is 6.30. The SMILES string of the molecule is CC1(C)CC(=O)C2=C(C1)Nc1[nH][nH]c(=O)c1[C@H]2c1cc(Cl)ccc1O. The minimum absolute atomic E-state index is 0.00679. The third kappa shape index (κ3) is 2.48. The summed E-state index contributed by atoms with van der Waals surface area (Å²) in [5.74, 6) is -0.135. The number of carbonyl (C=O) groups excluding carboxylic acids is 1. The quantitative estimate of drug-likeness (QED) is 0.628. The maximum Gasteiger partial charge on any atom is 0.270 e. The van der Waals surface area contributed by atoms with Crippen molar-refractivity contribution in [2.45, 2.75) is 32.6 Å². The van der Waals surface area contributed by atoms with Crippen molar-refractivity contribution in [1.29, 1.82) is 0 Å². The molecular formula is C18H18ClN3O3. The first-order chi connectivity index (χ1) is 11.8. The van der Waals surface area contributed by atoms with Crippen LogP contribution in [0.1, 0.15) is 43.7 Å². The van der Waals surface area contributed by atoms with Crippen LogP contribution >= 0.6 is 11.6 Å². The number of aromatic amines is 2. The summed E-state index contributed by atoms with van der Waals surface area (Å²) in [5.41, 5.74) is 1.68. The molecule has 0 saturated heterocycles. The van der Waals surface area contributed by atoms with Crippen molar-refractivity contribution >= 4 is 23.2 Å². The van der Waals surface area contributed by atoms with Crippen LogP contribution in [-0.2, 0) is 4.79 Å². The maximum atomic E-state index is 12.9. The van der Waals surface area contributed by atoms with Crippen molar-refractivity contribution in [3.8, 4) is 5.75 Å². The van der Waals surface area contributed by atoms with Gasteiger partial charge < -0.3 is 10.4 Å². The predicted octanol–water partition coefficient (Wildman–Crippen LogP) is 3.26. The molecule has 4 N–H and O–H groups in total. The van der Waals surface area contributed by atoms with Crippen molar-refractivity contribution < 1.29 is 9.90 Å². The number of aromatic hydroxyl groups is 1. The molecule has 0 saturated carbocycles. The fraction of sp³-hybridized carbons (Fsp3) is 0.333. The number of anilines is 1. The first kappa shape index (κ1) is 16.0. The number of halogens is 1. The number of carbonyl (C=O) groups is 1. The monoisotopic (exact) mass is 359 g/mol. The average molecular weight is 360 g/mol. The minimum atomic E-state index is -0.649. The zero-order chi connectivity index (χ0) is 17.9. The molecule has 130 valence electrons. The summed E-state index contributed by atoms with van der Waals surface area (Å²) in [6.07, 6.45) is 1.07. The van der Waals surface area contributed by atoms with E-state index in [4.69, 9.17) is 11.6 Å². The number of hydrogen-bond donors (Lipinski definition) is 4. The molecule has 4 rings (SSSR count). The molecule has 1 aliphatic heterocycles. The number of fused-ring (bicyclic) bond motifs is 1. The first-order valence-electron chi connectivity index (χ1n) is 8.09. The molecule has 2 aromatic rings. The van der Waals surface area contributed by atoms with E-state index in [9.17, 15) is 14.7 Å². The van der Waals surface area contributed by atoms with Crippen LogP contribution in [0, 0.1) is 5.41 Å². The summed E-state index contributed by atoms with van der Waals surface area (Å²) in [7, 11) is 0. The van der Waals surface area contributed by atoms with Crippen LogP contribution in [0.2, 0.25) is 5.02 Å². The number of phenols is 1. The summed E-state index contributed by atoms with van der Waals surface area (Å²) >= 11 is 6.11. The maximum absolute atomic E-state index is 12.9. The summed E-state index contributed by atoms with van der Waals surface area (Å²) < 4.78 is 0. The Bertz CT molecular complexity index is 984. The van der Waals surface area contributed by atoms with Gasteiger partial charge in [0.2, 0.25) is 0 Å². The van der Waals surface area contributed by atoms with Gasteiger partial charge >= 0.3 is 0 Å². The Labute approximate surface area is 148 Å². The van der Waals surface area contributed by atoms with Gasteiger partial charge in [0, 0.05) is 28.3 Å². The molecule has 25 heavy (non-hydrogen) atoms. The molecule has 0 radical (unpaired) electrons. The molecule has 2 heterocycles. The lowest BCUT2D eigenvalue weighted by Gasteiger charge is -2.38. The standard InChI is InChI=1S/C18H18ClN3O3/c1-18(2)6-10-14(12(24)7-18)13(9-5-8(19)3-4-11(9)23)15-16(20-10)21-22-17(15)25/h3-5,13,23H,6-7H2,1-2H3,(H3,20,21,22,25)/t13-/m0/s1. The average Bonchev–Trinajstić information content (AvgIpc) is 2.87. The molecule has 1 aromatic heterocycles. The zero-order valence-corrected chi connectivity index (χ0v) is 14.6. The molecule has 2 aliphatic rings. The Balaban J connectivity index is 2.00. The lowest BCUT2D eigenvalue weighted by molar-refractivity contribution is -0.118. The molecule has 1 aliphatic carbocycles. The Morgan fingerprint density at radius 2 is 1.96 bits per heavy atom. The van der Waals surface area contributed by atoms with E-state index >= 15 is 0 Å². The summed E-state index contributed by atoms with van der Waals surface area (Å²) in [4.78, 5) is 25.3. The Morgan fingerprint density at radius 1 is 1.20 bits per heavy atom. The molecule has 6 nitrogen and oxygen atoms in total. The molecule has 7 heteroatoms. The van der Waals surface area contributed by atoms with Crippen LogP contribution < -0.4 is 10.9 Å². The van der Waals surface area contributed by atoms with Crippen molar-refractivity contribution in [2.24, 2.45) is 5.41 Å². The van der Waals surface area contributed by atoms with Crippen molar-refractivity contribution in [3.05, 3.63) is 56.0 Å². The van der Waals surface area contributed by atoms with E-state index in [0.29, 0.717) is 40.4 Å². The summed E-state index contributed by atoms with van der Waals surface area (Å²) in [6.45, 7) is 4.08. The van der Waals surface area contributed by atoms with Crippen molar-refractivity contribution in [1.82, 2.24) is 10.2 Å². The summed E-state index contributed by atoms with van der Waals surface area (Å²) in [5, 5.41) is 19.4. The van der Waals surface area contributed by atoms with Crippen LogP contribution in [0.4, 0.5) is 5.82 Å². The molecule has 0 unspecified atom stereocenters. The van der Waals surface area contributed by atoms with Gasteiger partial charge in [0.15, 0.2) is 5.78 Å². The highest BCUT2D eigenvalue weighted by Gasteiger charge is 2.43. The van der Waals surface area contributed by atoms with Crippen LogP contribution in [0.3, 0.4) is 0 Å². The van der Waals surface area contributed by atoms with E-state index in [1.807, 2.05) is 13.8 Å². The number of rotatable bonds is 1. The second kappa shape index (κ2) is 5.26. The van der Waals surface area contributed by atoms with Crippen LogP contribution in [-0.4, -0.2) is 21.1 Å². The number of ketones is 1. The molecule has 1 atom stereocenters. The lowest BCUT2D eigenvalue weighted by atomic mass is 9.69. The Morgan fingerprint density at radius 3 is 2.72 bits per heavy atom. The van der Waals surface area contributed by atoms with E-state index < -0.39 is 5.92 Å². The first-order valence-corrected chi connectivity index (χ1v) is 8.47. The van der Waals surface area contributed by atoms with E-state index in [1.54, 1.807) is 12.1 Å². The topological polar surface area (TPSA) is 98.0 Å². The number of hydrogen-bond acceptors (Lipinski definition) is 4. The van der Waals surface area contributed by atoms with E-state index in [-0.39, 0.29) is 22.5 Å². The van der Waals surface area contributed by atoms with Gasteiger partial charge in [0.1, 0.15) is 11.6 Å². The number of phenolic OH excluding ortho intramolecular Hbond substituents is 1. The van der Waals surface area contributed by atoms with Gasteiger partial charge in [-0.1, -0.05) is 25.4 Å². The highest BCUT2D eigenvalue weighted by atomic mass is 35.5. The molecule has 0 amide bonds. The fourth-order valence-electron chi connectivity index (χ4n) is 3.89. The van der Waals surface area contributed by atoms with Crippen molar-refractivity contribution in [2.75, 3.05) is 5.32 Å². The third-order valence-corrected chi connectivity index (χ3v) is 5.12. The third-order valence-electron chi connectivity index (χ3n) is 4.89. The van der Waals surface area contributed by atoms with E-state index in [0.717, 1.165) is 5.70 Å². The molecule has 0 bridgehead atoms. The largest absolute Gasteiger partial charge is 0.508 e. The lowest BCUT2D eigenvalue weighted by Crippen LogP contribution is -2.35. The molecule has 0 fully saturated rings. The van der Waals surface area contributed by atoms with Gasteiger partial charge in [-0.05, 0) is 30.0 Å². The molecule has 0 spiro atoms. The normalized spacial score (nSPS) is 21.6. The number of benzene rings is 1. The van der Waals surface area contributed by atoms with E-state index in [1.165, 1.54) is 6.07 Å². The van der Waals surface area contributed by atoms with Crippen molar-refractivity contribution in [3.63, 3.8) is 0 Å². The van der Waals surface area contributed by atoms with Gasteiger partial charge in [0.05, 0.1) is 11.5 Å². The van der Waals surface area contributed by atoms with Crippen LogP contribution in [0.15, 0.2) is 34.3 Å². The van der Waals surface area contributed by atoms with Crippen LogP contribution in [0.5, 0.6) is 5.75 Å². The number of H-pyrrole nitrogens is 2. The molecule has 1 aromatic carbocycles. The number of nitrogens with one attached hydrogen (secondary N) is 3. The Hall–Kier alpha value is -2.47. The highest BCUT2D eigenvalue weighted by Crippen LogP contribution is 2.49. The van der Waals surface area contributed by atoms with E-state index in [2.05, 4.69) is 15.5 Å².